The maximum absolute atomic E-state index is 11.9. The van der Waals surface area contributed by atoms with Gasteiger partial charge in [-0.05, 0) is 26.3 Å². The Hall–Kier alpha value is -1.49. The summed E-state index contributed by atoms with van der Waals surface area (Å²) >= 11 is 0. The molecule has 1 atom stereocenters. The Bertz CT molecular complexity index is 341. The second-order valence-corrected chi connectivity index (χ2v) is 4.03. The molecule has 5 heteroatoms. The molecule has 0 aliphatic rings. The maximum atomic E-state index is 11.9. The van der Waals surface area contributed by atoms with Crippen molar-refractivity contribution in [1.29, 1.82) is 0 Å². The third kappa shape index (κ3) is 3.27. The highest BCUT2D eigenvalue weighted by Gasteiger charge is 2.23. The van der Waals surface area contributed by atoms with Crippen LogP contribution in [0.1, 0.15) is 37.0 Å². The number of amides is 1. The third-order valence-electron chi connectivity index (χ3n) is 2.71. The van der Waals surface area contributed by atoms with Gasteiger partial charge in [0.25, 0.3) is 5.91 Å². The van der Waals surface area contributed by atoms with Crippen molar-refractivity contribution in [3.63, 3.8) is 0 Å². The lowest BCUT2D eigenvalue weighted by atomic mass is 9.94. The van der Waals surface area contributed by atoms with Gasteiger partial charge in [0, 0.05) is 17.9 Å². The van der Waals surface area contributed by atoms with Crippen LogP contribution in [-0.2, 0) is 0 Å². The van der Waals surface area contributed by atoms with E-state index in [1.807, 2.05) is 13.8 Å². The number of nitrogens with two attached hydrogens (primary N) is 1. The fourth-order valence-electron chi connectivity index (χ4n) is 1.41. The standard InChI is InChI=1S/C11H18N4O/c1-3-11(2,4-5-12)15-10(16)9-6-13-8-14-7-9/h6-8H,3-5,12H2,1-2H3,(H,15,16). The van der Waals surface area contributed by atoms with E-state index in [4.69, 9.17) is 5.73 Å². The van der Waals surface area contributed by atoms with Crippen LogP contribution in [0, 0.1) is 0 Å². The molecule has 0 aliphatic carbocycles. The lowest BCUT2D eigenvalue weighted by Gasteiger charge is -2.29. The van der Waals surface area contributed by atoms with Gasteiger partial charge in [-0.3, -0.25) is 4.79 Å². The topological polar surface area (TPSA) is 80.9 Å². The van der Waals surface area contributed by atoms with Crippen LogP contribution < -0.4 is 11.1 Å². The summed E-state index contributed by atoms with van der Waals surface area (Å²) in [5, 5.41) is 2.96. The van der Waals surface area contributed by atoms with E-state index in [9.17, 15) is 4.79 Å². The molecule has 0 saturated heterocycles. The van der Waals surface area contributed by atoms with Gasteiger partial charge in [-0.1, -0.05) is 6.92 Å². The fourth-order valence-corrected chi connectivity index (χ4v) is 1.41. The van der Waals surface area contributed by atoms with Gasteiger partial charge < -0.3 is 11.1 Å². The number of carbonyl (C=O) groups excluding carboxylic acids is 1. The second kappa shape index (κ2) is 5.55. The van der Waals surface area contributed by atoms with Crippen molar-refractivity contribution in [2.75, 3.05) is 6.54 Å². The van der Waals surface area contributed by atoms with Crippen molar-refractivity contribution in [3.05, 3.63) is 24.3 Å². The summed E-state index contributed by atoms with van der Waals surface area (Å²) in [6.07, 6.45) is 5.99. The Morgan fingerprint density at radius 1 is 1.50 bits per heavy atom. The van der Waals surface area contributed by atoms with Gasteiger partial charge in [0.15, 0.2) is 0 Å². The first-order chi connectivity index (χ1) is 7.61. The van der Waals surface area contributed by atoms with Gasteiger partial charge in [-0.2, -0.15) is 0 Å². The van der Waals surface area contributed by atoms with Crippen LogP contribution in [0.15, 0.2) is 18.7 Å². The Morgan fingerprint density at radius 3 is 2.62 bits per heavy atom. The summed E-state index contributed by atoms with van der Waals surface area (Å²) in [5.74, 6) is -0.154. The smallest absolute Gasteiger partial charge is 0.254 e. The molecule has 0 spiro atoms. The molecule has 1 aromatic rings. The van der Waals surface area contributed by atoms with Gasteiger partial charge in [0.2, 0.25) is 0 Å². The monoisotopic (exact) mass is 222 g/mol. The van der Waals surface area contributed by atoms with E-state index in [-0.39, 0.29) is 11.4 Å². The summed E-state index contributed by atoms with van der Waals surface area (Å²) in [5.41, 5.74) is 5.74. The highest BCUT2D eigenvalue weighted by atomic mass is 16.1. The zero-order valence-corrected chi connectivity index (χ0v) is 9.73. The summed E-state index contributed by atoms with van der Waals surface area (Å²) in [7, 11) is 0. The Balaban J connectivity index is 2.70. The summed E-state index contributed by atoms with van der Waals surface area (Å²) in [6, 6.07) is 0. The molecule has 3 N–H and O–H groups in total. The number of rotatable bonds is 5. The fraction of sp³-hybridized carbons (Fsp3) is 0.545. The number of nitrogens with one attached hydrogen (secondary N) is 1. The zero-order chi connectivity index (χ0) is 12.0. The van der Waals surface area contributed by atoms with Crippen molar-refractivity contribution in [1.82, 2.24) is 15.3 Å². The Kier molecular flexibility index (Phi) is 4.37. The van der Waals surface area contributed by atoms with Crippen LogP contribution >= 0.6 is 0 Å². The predicted octanol–water partition coefficient (Wildman–Crippen LogP) is 0.724. The molecular weight excluding hydrogens is 204 g/mol. The van der Waals surface area contributed by atoms with Crippen LogP contribution in [-0.4, -0.2) is 28.0 Å². The molecule has 1 rings (SSSR count). The molecule has 1 amide bonds. The van der Waals surface area contributed by atoms with Gasteiger partial charge in [0.1, 0.15) is 6.33 Å². The van der Waals surface area contributed by atoms with Gasteiger partial charge in [-0.15, -0.1) is 0 Å². The van der Waals surface area contributed by atoms with E-state index in [1.54, 1.807) is 0 Å². The number of aromatic nitrogens is 2. The van der Waals surface area contributed by atoms with Gasteiger partial charge in [0.05, 0.1) is 5.56 Å². The normalized spacial score (nSPS) is 14.2. The van der Waals surface area contributed by atoms with Crippen molar-refractivity contribution in [2.45, 2.75) is 32.2 Å². The maximum Gasteiger partial charge on any atom is 0.254 e. The van der Waals surface area contributed by atoms with Crippen LogP contribution in [0.3, 0.4) is 0 Å². The molecule has 1 unspecified atom stereocenters. The highest BCUT2D eigenvalue weighted by Crippen LogP contribution is 2.14. The molecule has 1 heterocycles. The van der Waals surface area contributed by atoms with Crippen LogP contribution in [0.4, 0.5) is 0 Å². The number of carbonyl (C=O) groups is 1. The van der Waals surface area contributed by atoms with E-state index in [0.717, 1.165) is 12.8 Å². The van der Waals surface area contributed by atoms with Crippen LogP contribution in [0.25, 0.3) is 0 Å². The average Bonchev–Trinajstić information content (AvgIpc) is 2.30. The minimum absolute atomic E-state index is 0.154. The lowest BCUT2D eigenvalue weighted by molar-refractivity contribution is 0.0899. The molecule has 0 aliphatic heterocycles. The third-order valence-corrected chi connectivity index (χ3v) is 2.71. The molecule has 1 aromatic heterocycles. The molecule has 16 heavy (non-hydrogen) atoms. The molecule has 0 aromatic carbocycles. The van der Waals surface area contributed by atoms with E-state index < -0.39 is 0 Å². The van der Waals surface area contributed by atoms with Gasteiger partial charge >= 0.3 is 0 Å². The van der Waals surface area contributed by atoms with Crippen LogP contribution in [0.2, 0.25) is 0 Å². The second-order valence-electron chi connectivity index (χ2n) is 4.03. The largest absolute Gasteiger partial charge is 0.347 e. The number of hydrogen-bond acceptors (Lipinski definition) is 4. The van der Waals surface area contributed by atoms with Crippen molar-refractivity contribution in [2.24, 2.45) is 5.73 Å². The molecule has 0 saturated carbocycles. The SMILES string of the molecule is CCC(C)(CCN)NC(=O)c1cncnc1. The zero-order valence-electron chi connectivity index (χ0n) is 9.73. The van der Waals surface area contributed by atoms with Crippen molar-refractivity contribution in [3.8, 4) is 0 Å². The lowest BCUT2D eigenvalue weighted by Crippen LogP contribution is -2.46. The summed E-state index contributed by atoms with van der Waals surface area (Å²) in [6.45, 7) is 4.56. The first-order valence-corrected chi connectivity index (χ1v) is 5.39. The van der Waals surface area contributed by atoms with Crippen molar-refractivity contribution >= 4 is 5.91 Å². The number of nitrogens with zero attached hydrogens (tertiary/aromatic N) is 2. The van der Waals surface area contributed by atoms with Crippen molar-refractivity contribution < 1.29 is 4.79 Å². The van der Waals surface area contributed by atoms with E-state index in [0.29, 0.717) is 12.1 Å². The molecule has 5 nitrogen and oxygen atoms in total. The molecular formula is C11H18N4O. The minimum atomic E-state index is -0.262. The number of hydrogen-bond donors (Lipinski definition) is 2. The van der Waals surface area contributed by atoms with E-state index in [1.165, 1.54) is 18.7 Å². The highest BCUT2D eigenvalue weighted by molar-refractivity contribution is 5.94. The average molecular weight is 222 g/mol. The van der Waals surface area contributed by atoms with Crippen LogP contribution in [0.5, 0.6) is 0 Å². The minimum Gasteiger partial charge on any atom is -0.347 e. The summed E-state index contributed by atoms with van der Waals surface area (Å²) in [4.78, 5) is 19.5. The molecule has 0 bridgehead atoms. The Morgan fingerprint density at radius 2 is 2.12 bits per heavy atom. The first kappa shape index (κ1) is 12.6. The molecule has 0 fully saturated rings. The Labute approximate surface area is 95.5 Å². The first-order valence-electron chi connectivity index (χ1n) is 5.39. The van der Waals surface area contributed by atoms with E-state index >= 15 is 0 Å². The quantitative estimate of drug-likeness (QED) is 0.769. The molecule has 0 radical (unpaired) electrons. The van der Waals surface area contributed by atoms with E-state index in [2.05, 4.69) is 15.3 Å². The molecule has 88 valence electrons. The summed E-state index contributed by atoms with van der Waals surface area (Å²) < 4.78 is 0. The van der Waals surface area contributed by atoms with Gasteiger partial charge in [-0.25, -0.2) is 9.97 Å². The predicted molar refractivity (Wildman–Crippen MR) is 61.9 cm³/mol.